The van der Waals surface area contributed by atoms with Gasteiger partial charge in [0, 0.05) is 23.6 Å². The molecule has 0 aliphatic carbocycles. The first-order valence-electron chi connectivity index (χ1n) is 8.70. The molecule has 0 radical (unpaired) electrons. The largest absolute Gasteiger partial charge is 0.465 e. The average molecular weight is 390 g/mol. The molecule has 146 valence electrons. The number of methoxy groups -OCH3 is 1. The Balaban J connectivity index is 1.64. The fraction of sp³-hybridized carbons (Fsp3) is 0.0952. The highest BCUT2D eigenvalue weighted by molar-refractivity contribution is 6.05. The van der Waals surface area contributed by atoms with Crippen LogP contribution in [0.3, 0.4) is 0 Å². The summed E-state index contributed by atoms with van der Waals surface area (Å²) in [5.74, 6) is -1.28. The third-order valence-corrected chi connectivity index (χ3v) is 3.97. The topological polar surface area (TPSA) is 110 Å². The molecule has 3 rings (SSSR count). The van der Waals surface area contributed by atoms with Crippen molar-refractivity contribution in [3.05, 3.63) is 89.5 Å². The Morgan fingerprint density at radius 1 is 0.897 bits per heavy atom. The minimum absolute atomic E-state index is 0.0903. The number of nitrogens with zero attached hydrogens (tertiary/aromatic N) is 2. The van der Waals surface area contributed by atoms with Gasteiger partial charge in [0.2, 0.25) is 0 Å². The van der Waals surface area contributed by atoms with Gasteiger partial charge >= 0.3 is 5.97 Å². The number of carbonyl (C=O) groups excluding carboxylic acids is 3. The summed E-state index contributed by atoms with van der Waals surface area (Å²) in [7, 11) is 1.29. The molecule has 0 aliphatic rings. The SMILES string of the molecule is COC(=O)c1ccc(NC(=O)c2cc(C(=O)NCc3ccccn3)ccn2)cc1. The van der Waals surface area contributed by atoms with Gasteiger partial charge in [0.25, 0.3) is 11.8 Å². The number of aromatic nitrogens is 2. The van der Waals surface area contributed by atoms with Crippen LogP contribution in [0, 0.1) is 0 Å². The zero-order valence-corrected chi connectivity index (χ0v) is 15.6. The van der Waals surface area contributed by atoms with Crippen LogP contribution < -0.4 is 10.6 Å². The average Bonchev–Trinajstić information content (AvgIpc) is 2.78. The summed E-state index contributed by atoms with van der Waals surface area (Å²) in [6, 6.07) is 14.6. The van der Waals surface area contributed by atoms with Crippen LogP contribution in [-0.4, -0.2) is 34.9 Å². The van der Waals surface area contributed by atoms with Gasteiger partial charge in [-0.15, -0.1) is 0 Å². The summed E-state index contributed by atoms with van der Waals surface area (Å²) in [6.45, 7) is 0.274. The molecule has 8 heteroatoms. The van der Waals surface area contributed by atoms with Crippen molar-refractivity contribution in [3.8, 4) is 0 Å². The highest BCUT2D eigenvalue weighted by Gasteiger charge is 2.13. The minimum atomic E-state index is -0.477. The van der Waals surface area contributed by atoms with E-state index in [0.29, 0.717) is 16.8 Å². The maximum Gasteiger partial charge on any atom is 0.337 e. The summed E-state index contributed by atoms with van der Waals surface area (Å²) in [4.78, 5) is 44.4. The molecule has 0 saturated heterocycles. The first-order chi connectivity index (χ1) is 14.1. The molecule has 0 saturated carbocycles. The van der Waals surface area contributed by atoms with Crippen LogP contribution in [0.1, 0.15) is 36.9 Å². The van der Waals surface area contributed by atoms with E-state index in [-0.39, 0.29) is 18.1 Å². The smallest absolute Gasteiger partial charge is 0.337 e. The Labute approximate surface area is 167 Å². The van der Waals surface area contributed by atoms with Gasteiger partial charge in [0.05, 0.1) is 24.9 Å². The van der Waals surface area contributed by atoms with Gasteiger partial charge in [-0.25, -0.2) is 4.79 Å². The second-order valence-electron chi connectivity index (χ2n) is 5.96. The highest BCUT2D eigenvalue weighted by atomic mass is 16.5. The molecular formula is C21H18N4O4. The number of pyridine rings is 2. The molecule has 0 atom stereocenters. The van der Waals surface area contributed by atoms with Gasteiger partial charge < -0.3 is 15.4 Å². The lowest BCUT2D eigenvalue weighted by Crippen LogP contribution is -2.24. The van der Waals surface area contributed by atoms with Crippen molar-refractivity contribution >= 4 is 23.5 Å². The number of hydrogen-bond donors (Lipinski definition) is 2. The third kappa shape index (κ3) is 5.23. The molecule has 0 unspecified atom stereocenters. The Morgan fingerprint density at radius 3 is 2.38 bits per heavy atom. The van der Waals surface area contributed by atoms with E-state index in [1.54, 1.807) is 30.5 Å². The fourth-order valence-corrected chi connectivity index (χ4v) is 2.47. The van der Waals surface area contributed by atoms with Gasteiger partial charge in [-0.05, 0) is 48.5 Å². The number of ether oxygens (including phenoxy) is 1. The molecule has 0 bridgehead atoms. The first kappa shape index (κ1) is 19.7. The summed E-state index contributed by atoms with van der Waals surface area (Å²) < 4.78 is 4.63. The van der Waals surface area contributed by atoms with Crippen molar-refractivity contribution in [3.63, 3.8) is 0 Å². The van der Waals surface area contributed by atoms with Crippen molar-refractivity contribution in [1.29, 1.82) is 0 Å². The third-order valence-electron chi connectivity index (χ3n) is 3.97. The standard InChI is InChI=1S/C21H18N4O4/c1-29-21(28)14-5-7-16(8-6-14)25-20(27)18-12-15(9-11-23-18)19(26)24-13-17-4-2-3-10-22-17/h2-12H,13H2,1H3,(H,24,26)(H,25,27). The number of anilines is 1. The summed E-state index contributed by atoms with van der Waals surface area (Å²) >= 11 is 0. The number of carbonyl (C=O) groups is 3. The van der Waals surface area contributed by atoms with Gasteiger partial charge in [0.15, 0.2) is 0 Å². The van der Waals surface area contributed by atoms with Crippen molar-refractivity contribution < 1.29 is 19.1 Å². The van der Waals surface area contributed by atoms with Crippen LogP contribution in [0.5, 0.6) is 0 Å². The maximum atomic E-state index is 12.4. The van der Waals surface area contributed by atoms with E-state index in [9.17, 15) is 14.4 Å². The van der Waals surface area contributed by atoms with E-state index < -0.39 is 11.9 Å². The Bertz CT molecular complexity index is 1020. The monoisotopic (exact) mass is 390 g/mol. The highest BCUT2D eigenvalue weighted by Crippen LogP contribution is 2.12. The molecule has 2 aromatic heterocycles. The molecule has 3 aromatic rings. The Kier molecular flexibility index (Phi) is 6.26. The van der Waals surface area contributed by atoms with Gasteiger partial charge in [0.1, 0.15) is 5.69 Å². The van der Waals surface area contributed by atoms with Crippen LogP contribution >= 0.6 is 0 Å². The van der Waals surface area contributed by atoms with Crippen molar-refractivity contribution in [1.82, 2.24) is 15.3 Å². The van der Waals surface area contributed by atoms with Gasteiger partial charge in [-0.2, -0.15) is 0 Å². The molecule has 8 nitrogen and oxygen atoms in total. The normalized spacial score (nSPS) is 10.1. The van der Waals surface area contributed by atoms with Crippen LogP contribution in [0.4, 0.5) is 5.69 Å². The zero-order valence-electron chi connectivity index (χ0n) is 15.6. The number of rotatable bonds is 6. The zero-order chi connectivity index (χ0) is 20.6. The molecule has 0 aliphatic heterocycles. The molecule has 2 N–H and O–H groups in total. The number of amides is 2. The lowest BCUT2D eigenvalue weighted by Gasteiger charge is -2.08. The second-order valence-corrected chi connectivity index (χ2v) is 5.96. The lowest BCUT2D eigenvalue weighted by molar-refractivity contribution is 0.0600. The minimum Gasteiger partial charge on any atom is -0.465 e. The van der Waals surface area contributed by atoms with Gasteiger partial charge in [-0.1, -0.05) is 6.07 Å². The van der Waals surface area contributed by atoms with E-state index >= 15 is 0 Å². The molecule has 2 amide bonds. The van der Waals surface area contributed by atoms with E-state index in [2.05, 4.69) is 25.3 Å². The Morgan fingerprint density at radius 2 is 1.69 bits per heavy atom. The number of esters is 1. The van der Waals surface area contributed by atoms with Crippen molar-refractivity contribution in [2.75, 3.05) is 12.4 Å². The summed E-state index contributed by atoms with van der Waals surface area (Å²) in [5, 5.41) is 5.42. The van der Waals surface area contributed by atoms with E-state index in [0.717, 1.165) is 5.69 Å². The lowest BCUT2D eigenvalue weighted by atomic mass is 10.2. The maximum absolute atomic E-state index is 12.4. The summed E-state index contributed by atoms with van der Waals surface area (Å²) in [5.41, 5.74) is 1.97. The summed E-state index contributed by atoms with van der Waals surface area (Å²) in [6.07, 6.45) is 3.04. The number of hydrogen-bond acceptors (Lipinski definition) is 6. The quantitative estimate of drug-likeness (QED) is 0.626. The molecule has 1 aromatic carbocycles. The van der Waals surface area contributed by atoms with Crippen LogP contribution in [0.2, 0.25) is 0 Å². The van der Waals surface area contributed by atoms with E-state index in [1.807, 2.05) is 6.07 Å². The van der Waals surface area contributed by atoms with E-state index in [4.69, 9.17) is 0 Å². The molecule has 0 fully saturated rings. The van der Waals surface area contributed by atoms with Crippen molar-refractivity contribution in [2.45, 2.75) is 6.54 Å². The predicted molar refractivity (Wildman–Crippen MR) is 105 cm³/mol. The van der Waals surface area contributed by atoms with Crippen molar-refractivity contribution in [2.24, 2.45) is 0 Å². The molecular weight excluding hydrogens is 372 g/mol. The Hall–Kier alpha value is -4.07. The number of benzene rings is 1. The van der Waals surface area contributed by atoms with Gasteiger partial charge in [-0.3, -0.25) is 19.6 Å². The fourth-order valence-electron chi connectivity index (χ4n) is 2.47. The van der Waals surface area contributed by atoms with Crippen LogP contribution in [0.15, 0.2) is 67.0 Å². The predicted octanol–water partition coefficient (Wildman–Crippen LogP) is 2.45. The molecule has 2 heterocycles. The van der Waals surface area contributed by atoms with E-state index in [1.165, 1.54) is 37.6 Å². The van der Waals surface area contributed by atoms with Crippen LogP contribution in [-0.2, 0) is 11.3 Å². The number of nitrogens with one attached hydrogen (secondary N) is 2. The molecule has 0 spiro atoms. The molecule has 29 heavy (non-hydrogen) atoms. The second kappa shape index (κ2) is 9.23. The first-order valence-corrected chi connectivity index (χ1v) is 8.70. The van der Waals surface area contributed by atoms with Crippen LogP contribution in [0.25, 0.3) is 0 Å².